The van der Waals surface area contributed by atoms with E-state index < -0.39 is 0 Å². The molecule has 1 fully saturated rings. The Labute approximate surface area is 122 Å². The number of nitrogens with one attached hydrogen (secondary N) is 1. The number of hydrogen-bond donors (Lipinski definition) is 1. The molecule has 0 saturated carbocycles. The third-order valence-corrected chi connectivity index (χ3v) is 4.12. The van der Waals surface area contributed by atoms with Crippen LogP contribution in [-0.2, 0) is 0 Å². The van der Waals surface area contributed by atoms with E-state index in [0.29, 0.717) is 12.0 Å². The van der Waals surface area contributed by atoms with Gasteiger partial charge in [0.25, 0.3) is 0 Å². The van der Waals surface area contributed by atoms with Crippen molar-refractivity contribution in [2.45, 2.75) is 45.7 Å². The smallest absolute Gasteiger partial charge is 0.127 e. The Morgan fingerprint density at radius 2 is 2.05 bits per heavy atom. The van der Waals surface area contributed by atoms with Crippen LogP contribution in [0.2, 0.25) is 0 Å². The first-order valence-electron chi connectivity index (χ1n) is 7.79. The second-order valence-corrected chi connectivity index (χ2v) is 6.34. The normalized spacial score (nSPS) is 20.8. The lowest BCUT2D eigenvalue weighted by atomic mass is 10.0. The summed E-state index contributed by atoms with van der Waals surface area (Å²) in [5, 5.41) is 3.55. The molecule has 0 aromatic heterocycles. The van der Waals surface area contributed by atoms with Crippen molar-refractivity contribution in [3.05, 3.63) is 35.6 Å². The lowest BCUT2D eigenvalue weighted by Crippen LogP contribution is -2.40. The van der Waals surface area contributed by atoms with Crippen LogP contribution >= 0.6 is 0 Å². The van der Waals surface area contributed by atoms with Crippen LogP contribution in [0.15, 0.2) is 24.3 Å². The molecule has 0 bridgehead atoms. The van der Waals surface area contributed by atoms with Crippen LogP contribution in [0.5, 0.6) is 0 Å². The van der Waals surface area contributed by atoms with Gasteiger partial charge < -0.3 is 5.32 Å². The van der Waals surface area contributed by atoms with E-state index in [0.717, 1.165) is 25.2 Å². The number of rotatable bonds is 6. The first-order chi connectivity index (χ1) is 9.58. The summed E-state index contributed by atoms with van der Waals surface area (Å²) in [4.78, 5) is 2.42. The van der Waals surface area contributed by atoms with Gasteiger partial charge in [0.1, 0.15) is 5.82 Å². The van der Waals surface area contributed by atoms with Gasteiger partial charge in [-0.25, -0.2) is 4.39 Å². The molecule has 3 heteroatoms. The number of halogens is 1. The fraction of sp³-hybridized carbons (Fsp3) is 0.647. The third-order valence-electron chi connectivity index (χ3n) is 4.12. The zero-order chi connectivity index (χ0) is 14.5. The maximum atomic E-state index is 14.0. The van der Waals surface area contributed by atoms with Gasteiger partial charge in [0.2, 0.25) is 0 Å². The first kappa shape index (κ1) is 15.5. The van der Waals surface area contributed by atoms with Crippen LogP contribution in [0.3, 0.4) is 0 Å². The van der Waals surface area contributed by atoms with E-state index in [9.17, 15) is 4.39 Å². The molecule has 1 aliphatic heterocycles. The van der Waals surface area contributed by atoms with E-state index in [2.05, 4.69) is 31.0 Å². The van der Waals surface area contributed by atoms with Gasteiger partial charge in [-0.2, -0.15) is 0 Å². The highest BCUT2D eigenvalue weighted by atomic mass is 19.1. The molecule has 1 aromatic carbocycles. The minimum atomic E-state index is -0.0897. The number of hydrogen-bond acceptors (Lipinski definition) is 2. The molecule has 2 nitrogen and oxygen atoms in total. The van der Waals surface area contributed by atoms with Gasteiger partial charge >= 0.3 is 0 Å². The van der Waals surface area contributed by atoms with Crippen molar-refractivity contribution in [3.8, 4) is 0 Å². The van der Waals surface area contributed by atoms with E-state index in [4.69, 9.17) is 0 Å². The molecule has 20 heavy (non-hydrogen) atoms. The quantitative estimate of drug-likeness (QED) is 0.855. The van der Waals surface area contributed by atoms with Gasteiger partial charge in [-0.05, 0) is 38.3 Å². The molecule has 112 valence electrons. The molecule has 1 saturated heterocycles. The zero-order valence-electron chi connectivity index (χ0n) is 12.9. The Bertz CT molecular complexity index is 413. The maximum absolute atomic E-state index is 14.0. The SMILES string of the molecule is CC(C)CN(CC1CCCN1)C(C)c1ccccc1F. The van der Waals surface area contributed by atoms with Gasteiger partial charge in [-0.1, -0.05) is 32.0 Å². The minimum absolute atomic E-state index is 0.0897. The van der Waals surface area contributed by atoms with Crippen LogP contribution in [0.4, 0.5) is 4.39 Å². The molecule has 2 atom stereocenters. The summed E-state index contributed by atoms with van der Waals surface area (Å²) in [7, 11) is 0. The summed E-state index contributed by atoms with van der Waals surface area (Å²) in [5.41, 5.74) is 0.811. The summed E-state index contributed by atoms with van der Waals surface area (Å²) in [6.45, 7) is 9.71. The van der Waals surface area contributed by atoms with Crippen LogP contribution < -0.4 is 5.32 Å². The summed E-state index contributed by atoms with van der Waals surface area (Å²) < 4.78 is 14.0. The Hall–Kier alpha value is -0.930. The predicted octanol–water partition coefficient (Wildman–Crippen LogP) is 3.60. The molecule has 1 aromatic rings. The van der Waals surface area contributed by atoms with Crippen LogP contribution in [0.25, 0.3) is 0 Å². The first-order valence-corrected chi connectivity index (χ1v) is 7.79. The zero-order valence-corrected chi connectivity index (χ0v) is 12.9. The molecule has 1 aliphatic rings. The maximum Gasteiger partial charge on any atom is 0.127 e. The Balaban J connectivity index is 2.10. The highest BCUT2D eigenvalue weighted by Crippen LogP contribution is 2.25. The fourth-order valence-corrected chi connectivity index (χ4v) is 3.07. The molecule has 2 rings (SSSR count). The standard InChI is InChI=1S/C17H27FN2/c1-13(2)11-20(12-15-7-6-10-19-15)14(3)16-8-4-5-9-17(16)18/h4-5,8-9,13-15,19H,6-7,10-12H2,1-3H3. The molecule has 1 heterocycles. The highest BCUT2D eigenvalue weighted by Gasteiger charge is 2.24. The second-order valence-electron chi connectivity index (χ2n) is 6.34. The van der Waals surface area contributed by atoms with Gasteiger partial charge in [0.05, 0.1) is 0 Å². The number of benzene rings is 1. The molecule has 1 N–H and O–H groups in total. The summed E-state index contributed by atoms with van der Waals surface area (Å²) in [6.07, 6.45) is 2.49. The van der Waals surface area contributed by atoms with Crippen molar-refractivity contribution in [1.82, 2.24) is 10.2 Å². The largest absolute Gasteiger partial charge is 0.313 e. The predicted molar refractivity (Wildman–Crippen MR) is 82.3 cm³/mol. The molecule has 0 amide bonds. The van der Waals surface area contributed by atoms with Gasteiger partial charge in [-0.15, -0.1) is 0 Å². The molecule has 0 radical (unpaired) electrons. The van der Waals surface area contributed by atoms with Crippen LogP contribution in [0.1, 0.15) is 45.2 Å². The Morgan fingerprint density at radius 3 is 2.65 bits per heavy atom. The van der Waals surface area contributed by atoms with Gasteiger partial charge in [-0.3, -0.25) is 4.90 Å². The van der Waals surface area contributed by atoms with E-state index in [1.807, 2.05) is 12.1 Å². The molecule has 0 spiro atoms. The Kier molecular flexibility index (Phi) is 5.55. The van der Waals surface area contributed by atoms with E-state index in [-0.39, 0.29) is 11.9 Å². The van der Waals surface area contributed by atoms with Crippen molar-refractivity contribution in [2.24, 2.45) is 5.92 Å². The van der Waals surface area contributed by atoms with Crippen molar-refractivity contribution in [1.29, 1.82) is 0 Å². The van der Waals surface area contributed by atoms with E-state index in [1.54, 1.807) is 12.1 Å². The van der Waals surface area contributed by atoms with Gasteiger partial charge in [0.15, 0.2) is 0 Å². The second kappa shape index (κ2) is 7.19. The van der Waals surface area contributed by atoms with E-state index >= 15 is 0 Å². The Morgan fingerprint density at radius 1 is 1.30 bits per heavy atom. The van der Waals surface area contributed by atoms with Crippen molar-refractivity contribution in [2.75, 3.05) is 19.6 Å². The average molecular weight is 278 g/mol. The van der Waals surface area contributed by atoms with Crippen molar-refractivity contribution < 1.29 is 4.39 Å². The van der Waals surface area contributed by atoms with Crippen LogP contribution in [-0.4, -0.2) is 30.6 Å². The number of nitrogens with zero attached hydrogens (tertiary/aromatic N) is 1. The lowest BCUT2D eigenvalue weighted by molar-refractivity contribution is 0.169. The molecular formula is C17H27FN2. The fourth-order valence-electron chi connectivity index (χ4n) is 3.07. The summed E-state index contributed by atoms with van der Waals surface area (Å²) in [6, 6.07) is 7.85. The molecule has 2 unspecified atom stereocenters. The van der Waals surface area contributed by atoms with Gasteiger partial charge in [0, 0.05) is 30.7 Å². The lowest BCUT2D eigenvalue weighted by Gasteiger charge is -2.33. The van der Waals surface area contributed by atoms with Crippen molar-refractivity contribution in [3.63, 3.8) is 0 Å². The monoisotopic (exact) mass is 278 g/mol. The summed E-state index contributed by atoms with van der Waals surface area (Å²) in [5.74, 6) is 0.499. The highest BCUT2D eigenvalue weighted by molar-refractivity contribution is 5.20. The average Bonchev–Trinajstić information content (AvgIpc) is 2.90. The minimum Gasteiger partial charge on any atom is -0.313 e. The molecule has 0 aliphatic carbocycles. The van der Waals surface area contributed by atoms with E-state index in [1.165, 1.54) is 12.8 Å². The van der Waals surface area contributed by atoms with Crippen molar-refractivity contribution >= 4 is 0 Å². The third kappa shape index (κ3) is 4.03. The topological polar surface area (TPSA) is 15.3 Å². The molecular weight excluding hydrogens is 251 g/mol. The summed E-state index contributed by atoms with van der Waals surface area (Å²) >= 11 is 0. The van der Waals surface area contributed by atoms with Crippen LogP contribution in [0, 0.1) is 11.7 Å².